The third-order valence-electron chi connectivity index (χ3n) is 4.46. The highest BCUT2D eigenvalue weighted by molar-refractivity contribution is 5.83. The summed E-state index contributed by atoms with van der Waals surface area (Å²) in [6.45, 7) is 6.11. The van der Waals surface area contributed by atoms with E-state index in [4.69, 9.17) is 4.52 Å². The molecule has 0 unspecified atom stereocenters. The minimum absolute atomic E-state index is 0.153. The molecule has 1 N–H and O–H groups in total. The van der Waals surface area contributed by atoms with Crippen molar-refractivity contribution in [2.75, 3.05) is 13.1 Å². The normalized spacial score (nSPS) is 15.8. The molecular weight excluding hydrogens is 290 g/mol. The lowest BCUT2D eigenvalue weighted by Gasteiger charge is -2.24. The highest BCUT2D eigenvalue weighted by Gasteiger charge is 2.27. The first-order valence-corrected chi connectivity index (χ1v) is 8.15. The van der Waals surface area contributed by atoms with Crippen LogP contribution in [0.25, 0.3) is 0 Å². The van der Waals surface area contributed by atoms with Crippen LogP contribution in [0.4, 0.5) is 0 Å². The Morgan fingerprint density at radius 3 is 2.57 bits per heavy atom. The number of nitrogens with one attached hydrogen (secondary N) is 1. The molecule has 5 nitrogen and oxygen atoms in total. The molecule has 1 fully saturated rings. The van der Waals surface area contributed by atoms with Crippen LogP contribution >= 0.6 is 0 Å². The molecule has 5 heteroatoms. The second-order valence-electron chi connectivity index (χ2n) is 6.06. The second kappa shape index (κ2) is 6.96. The lowest BCUT2D eigenvalue weighted by molar-refractivity contribution is -0.132. The summed E-state index contributed by atoms with van der Waals surface area (Å²) < 4.78 is 5.21. The van der Waals surface area contributed by atoms with Crippen molar-refractivity contribution in [3.8, 4) is 0 Å². The van der Waals surface area contributed by atoms with E-state index in [0.717, 1.165) is 48.5 Å². The van der Waals surface area contributed by atoms with E-state index in [1.165, 1.54) is 0 Å². The van der Waals surface area contributed by atoms with Crippen molar-refractivity contribution in [2.45, 2.75) is 39.3 Å². The van der Waals surface area contributed by atoms with Gasteiger partial charge in [0.1, 0.15) is 11.8 Å². The summed E-state index contributed by atoms with van der Waals surface area (Å²) in [5.41, 5.74) is 2.90. The smallest absolute Gasteiger partial charge is 0.244 e. The van der Waals surface area contributed by atoms with Crippen LogP contribution in [-0.2, 0) is 11.3 Å². The third-order valence-corrected chi connectivity index (χ3v) is 4.46. The summed E-state index contributed by atoms with van der Waals surface area (Å²) in [6, 6.07) is 9.57. The molecule has 1 aliphatic heterocycles. The Balaban J connectivity index is 1.79. The Labute approximate surface area is 136 Å². The van der Waals surface area contributed by atoms with Crippen LogP contribution in [0.3, 0.4) is 0 Å². The summed E-state index contributed by atoms with van der Waals surface area (Å²) in [6.07, 6.45) is 2.19. The fraction of sp³-hybridized carbons (Fsp3) is 0.444. The van der Waals surface area contributed by atoms with Gasteiger partial charge in [0, 0.05) is 25.2 Å². The summed E-state index contributed by atoms with van der Waals surface area (Å²) in [5.74, 6) is 0.955. The van der Waals surface area contributed by atoms with Gasteiger partial charge in [-0.1, -0.05) is 35.5 Å². The Morgan fingerprint density at radius 1 is 1.26 bits per heavy atom. The van der Waals surface area contributed by atoms with E-state index in [0.29, 0.717) is 6.54 Å². The number of carbonyl (C=O) groups excluding carboxylic acids is 1. The Bertz CT molecular complexity index is 641. The first kappa shape index (κ1) is 15.7. The molecule has 1 aromatic heterocycles. The van der Waals surface area contributed by atoms with E-state index in [1.807, 2.05) is 49.1 Å². The van der Waals surface area contributed by atoms with E-state index in [-0.39, 0.29) is 11.9 Å². The molecule has 1 atom stereocenters. The maximum absolute atomic E-state index is 12.9. The fourth-order valence-corrected chi connectivity index (χ4v) is 3.07. The first-order chi connectivity index (χ1) is 11.2. The van der Waals surface area contributed by atoms with Gasteiger partial charge in [-0.2, -0.15) is 0 Å². The minimum atomic E-state index is -0.331. The lowest BCUT2D eigenvalue weighted by Crippen LogP contribution is -2.39. The second-order valence-corrected chi connectivity index (χ2v) is 6.06. The van der Waals surface area contributed by atoms with Gasteiger partial charge in [0.15, 0.2) is 0 Å². The van der Waals surface area contributed by atoms with Crippen molar-refractivity contribution in [3.63, 3.8) is 0 Å². The third kappa shape index (κ3) is 3.45. The van der Waals surface area contributed by atoms with Crippen LogP contribution in [0.2, 0.25) is 0 Å². The predicted octanol–water partition coefficient (Wildman–Crippen LogP) is 2.74. The topological polar surface area (TPSA) is 58.4 Å². The summed E-state index contributed by atoms with van der Waals surface area (Å²) in [7, 11) is 0. The molecule has 3 rings (SSSR count). The quantitative estimate of drug-likeness (QED) is 0.922. The van der Waals surface area contributed by atoms with Gasteiger partial charge in [-0.15, -0.1) is 0 Å². The first-order valence-electron chi connectivity index (χ1n) is 8.15. The predicted molar refractivity (Wildman–Crippen MR) is 87.8 cm³/mol. The zero-order valence-electron chi connectivity index (χ0n) is 13.7. The van der Waals surface area contributed by atoms with E-state index < -0.39 is 0 Å². The van der Waals surface area contributed by atoms with Gasteiger partial charge >= 0.3 is 0 Å². The molecule has 1 amide bonds. The molecular formula is C18H23N3O2. The average Bonchev–Trinajstić information content (AvgIpc) is 3.20. The monoisotopic (exact) mass is 313 g/mol. The molecule has 0 radical (unpaired) electrons. The Hall–Kier alpha value is -2.14. The van der Waals surface area contributed by atoms with E-state index in [2.05, 4.69) is 10.5 Å². The van der Waals surface area contributed by atoms with Crippen LogP contribution in [0.5, 0.6) is 0 Å². The van der Waals surface area contributed by atoms with Crippen LogP contribution in [-0.4, -0.2) is 29.1 Å². The summed E-state index contributed by atoms with van der Waals surface area (Å²) >= 11 is 0. The molecule has 1 aromatic carbocycles. The number of aromatic nitrogens is 1. The van der Waals surface area contributed by atoms with Crippen molar-refractivity contribution in [1.29, 1.82) is 0 Å². The zero-order chi connectivity index (χ0) is 16.2. The number of hydrogen-bond donors (Lipinski definition) is 1. The van der Waals surface area contributed by atoms with Gasteiger partial charge in [-0.25, -0.2) is 0 Å². The maximum atomic E-state index is 12.9. The summed E-state index contributed by atoms with van der Waals surface area (Å²) in [4.78, 5) is 14.9. The van der Waals surface area contributed by atoms with E-state index in [1.54, 1.807) is 0 Å². The van der Waals surface area contributed by atoms with Gasteiger partial charge in [0.05, 0.1) is 5.69 Å². The molecule has 0 bridgehead atoms. The van der Waals surface area contributed by atoms with Crippen molar-refractivity contribution in [3.05, 3.63) is 52.9 Å². The molecule has 1 saturated heterocycles. The minimum Gasteiger partial charge on any atom is -0.361 e. The Morgan fingerprint density at radius 2 is 1.96 bits per heavy atom. The average molecular weight is 313 g/mol. The number of likely N-dealkylation sites (tertiary alicyclic amines) is 1. The van der Waals surface area contributed by atoms with Crippen LogP contribution in [0.1, 0.15) is 41.5 Å². The number of aryl methyl sites for hydroxylation is 2. The molecule has 0 saturated carbocycles. The SMILES string of the molecule is Cc1noc(C)c1CN[C@H](C(=O)N1CCCC1)c1ccccc1. The molecule has 2 aromatic rings. The molecule has 0 aliphatic carbocycles. The molecule has 2 heterocycles. The number of hydrogen-bond acceptors (Lipinski definition) is 4. The van der Waals surface area contributed by atoms with Gasteiger partial charge in [-0.3, -0.25) is 10.1 Å². The number of rotatable bonds is 5. The largest absolute Gasteiger partial charge is 0.361 e. The standard InChI is InChI=1S/C18H23N3O2/c1-13-16(14(2)23-20-13)12-19-17(15-8-4-3-5-9-15)18(22)21-10-6-7-11-21/h3-5,8-9,17,19H,6-7,10-12H2,1-2H3/t17-/m0/s1. The van der Waals surface area contributed by atoms with Crippen molar-refractivity contribution < 1.29 is 9.32 Å². The number of nitrogens with zero attached hydrogens (tertiary/aromatic N) is 2. The van der Waals surface area contributed by atoms with Crippen LogP contribution in [0.15, 0.2) is 34.9 Å². The van der Waals surface area contributed by atoms with Gasteiger partial charge in [-0.05, 0) is 32.3 Å². The maximum Gasteiger partial charge on any atom is 0.244 e. The van der Waals surface area contributed by atoms with Crippen molar-refractivity contribution in [1.82, 2.24) is 15.4 Å². The summed E-state index contributed by atoms with van der Waals surface area (Å²) in [5, 5.41) is 7.38. The van der Waals surface area contributed by atoms with Crippen molar-refractivity contribution in [2.24, 2.45) is 0 Å². The van der Waals surface area contributed by atoms with E-state index in [9.17, 15) is 4.79 Å². The van der Waals surface area contributed by atoms with Crippen molar-refractivity contribution >= 4 is 5.91 Å². The van der Waals surface area contributed by atoms with Gasteiger partial charge in [0.2, 0.25) is 5.91 Å². The van der Waals surface area contributed by atoms with E-state index >= 15 is 0 Å². The van der Waals surface area contributed by atoms with Gasteiger partial charge in [0.25, 0.3) is 0 Å². The van der Waals surface area contributed by atoms with Crippen LogP contribution in [0, 0.1) is 13.8 Å². The number of amides is 1. The molecule has 0 spiro atoms. The van der Waals surface area contributed by atoms with Crippen LogP contribution < -0.4 is 5.32 Å². The Kier molecular flexibility index (Phi) is 4.76. The lowest BCUT2D eigenvalue weighted by atomic mass is 10.0. The number of benzene rings is 1. The highest BCUT2D eigenvalue weighted by Crippen LogP contribution is 2.21. The molecule has 122 valence electrons. The molecule has 23 heavy (non-hydrogen) atoms. The number of carbonyl (C=O) groups is 1. The fourth-order valence-electron chi connectivity index (χ4n) is 3.07. The molecule has 1 aliphatic rings. The highest BCUT2D eigenvalue weighted by atomic mass is 16.5. The zero-order valence-corrected chi connectivity index (χ0v) is 13.7. The van der Waals surface area contributed by atoms with Gasteiger partial charge < -0.3 is 9.42 Å².